The van der Waals surface area contributed by atoms with Crippen molar-refractivity contribution in [3.8, 4) is 0 Å². The summed E-state index contributed by atoms with van der Waals surface area (Å²) in [7, 11) is 2.07. The van der Waals surface area contributed by atoms with Crippen LogP contribution in [0.3, 0.4) is 0 Å². The Morgan fingerprint density at radius 1 is 1.42 bits per heavy atom. The normalized spacial score (nSPS) is 19.9. The maximum atomic E-state index is 13.4. The molecule has 3 nitrogen and oxygen atoms in total. The van der Waals surface area contributed by atoms with E-state index in [1.807, 2.05) is 12.1 Å². The van der Waals surface area contributed by atoms with Gasteiger partial charge in [-0.3, -0.25) is 4.90 Å². The van der Waals surface area contributed by atoms with E-state index < -0.39 is 0 Å². The molecule has 1 aliphatic rings. The molecule has 1 heterocycles. The fourth-order valence-corrected chi connectivity index (χ4v) is 2.56. The van der Waals surface area contributed by atoms with Crippen LogP contribution in [-0.4, -0.2) is 31.2 Å². The average molecular weight is 266 g/mol. The van der Waals surface area contributed by atoms with Crippen molar-refractivity contribution in [2.75, 3.05) is 20.2 Å². The van der Waals surface area contributed by atoms with E-state index in [0.29, 0.717) is 11.7 Å². The summed E-state index contributed by atoms with van der Waals surface area (Å²) in [5, 5.41) is 0. The first-order chi connectivity index (χ1) is 9.19. The quantitative estimate of drug-likeness (QED) is 0.888. The van der Waals surface area contributed by atoms with Gasteiger partial charge in [-0.15, -0.1) is 0 Å². The third-order valence-corrected chi connectivity index (χ3v) is 3.57. The summed E-state index contributed by atoms with van der Waals surface area (Å²) in [6, 6.07) is 5.18. The number of nitrogens with two attached hydrogens (primary N) is 1. The Labute approximate surface area is 114 Å². The second-order valence-electron chi connectivity index (χ2n) is 5.32. The van der Waals surface area contributed by atoms with Gasteiger partial charge in [-0.1, -0.05) is 12.1 Å². The first-order valence-electron chi connectivity index (χ1n) is 6.96. The molecule has 1 saturated heterocycles. The molecular formula is C15H23FN2O. The molecule has 0 aromatic heterocycles. The zero-order valence-corrected chi connectivity index (χ0v) is 11.6. The van der Waals surface area contributed by atoms with E-state index >= 15 is 0 Å². The molecule has 4 heteroatoms. The summed E-state index contributed by atoms with van der Waals surface area (Å²) in [4.78, 5) is 2.23. The number of ether oxygens (including phenoxy) is 1. The minimum Gasteiger partial charge on any atom is -0.377 e. The van der Waals surface area contributed by atoms with Gasteiger partial charge >= 0.3 is 0 Å². The summed E-state index contributed by atoms with van der Waals surface area (Å²) < 4.78 is 19.1. The van der Waals surface area contributed by atoms with Gasteiger partial charge in [0.25, 0.3) is 0 Å². The number of hydrogen-bond donors (Lipinski definition) is 1. The molecule has 1 aromatic rings. The number of nitrogens with zero attached hydrogens (tertiary/aromatic N) is 1. The third kappa shape index (κ3) is 4.27. The summed E-state index contributed by atoms with van der Waals surface area (Å²) in [6.45, 7) is 2.85. The first kappa shape index (κ1) is 14.4. The molecule has 2 rings (SSSR count). The van der Waals surface area contributed by atoms with Gasteiger partial charge in [-0.25, -0.2) is 4.39 Å². The van der Waals surface area contributed by atoms with E-state index in [4.69, 9.17) is 10.5 Å². The Bertz CT molecular complexity index is 405. The van der Waals surface area contributed by atoms with Gasteiger partial charge in [0.15, 0.2) is 0 Å². The molecule has 1 fully saturated rings. The van der Waals surface area contributed by atoms with Crippen LogP contribution in [0.4, 0.5) is 4.39 Å². The fraction of sp³-hybridized carbons (Fsp3) is 0.600. The van der Waals surface area contributed by atoms with Gasteiger partial charge in [0.05, 0.1) is 6.10 Å². The molecule has 0 aliphatic carbocycles. The first-order valence-corrected chi connectivity index (χ1v) is 6.96. The van der Waals surface area contributed by atoms with Crippen LogP contribution < -0.4 is 5.73 Å². The van der Waals surface area contributed by atoms with Crippen molar-refractivity contribution in [3.63, 3.8) is 0 Å². The van der Waals surface area contributed by atoms with Crippen LogP contribution in [0.25, 0.3) is 0 Å². The highest BCUT2D eigenvalue weighted by Gasteiger charge is 2.16. The number of halogens is 1. The van der Waals surface area contributed by atoms with Gasteiger partial charge in [0.1, 0.15) is 5.82 Å². The third-order valence-electron chi connectivity index (χ3n) is 3.57. The predicted molar refractivity (Wildman–Crippen MR) is 74.2 cm³/mol. The lowest BCUT2D eigenvalue weighted by Crippen LogP contribution is -2.33. The van der Waals surface area contributed by atoms with Crippen LogP contribution in [0.5, 0.6) is 0 Å². The molecule has 1 atom stereocenters. The molecule has 0 spiro atoms. The second kappa shape index (κ2) is 6.98. The van der Waals surface area contributed by atoms with Gasteiger partial charge in [0, 0.05) is 31.8 Å². The molecule has 0 amide bonds. The van der Waals surface area contributed by atoms with Crippen molar-refractivity contribution in [3.05, 3.63) is 35.1 Å². The molecule has 0 saturated carbocycles. The van der Waals surface area contributed by atoms with E-state index in [2.05, 4.69) is 11.9 Å². The maximum absolute atomic E-state index is 13.4. The van der Waals surface area contributed by atoms with Crippen molar-refractivity contribution >= 4 is 0 Å². The molecule has 2 N–H and O–H groups in total. The molecule has 1 aromatic carbocycles. The van der Waals surface area contributed by atoms with Crippen LogP contribution in [0.1, 0.15) is 30.4 Å². The van der Waals surface area contributed by atoms with Crippen molar-refractivity contribution < 1.29 is 9.13 Å². The SMILES string of the molecule is CN(Cc1ccc(F)c(CN)c1)CC1CCCCO1. The molecule has 19 heavy (non-hydrogen) atoms. The van der Waals surface area contributed by atoms with Crippen LogP contribution in [0.15, 0.2) is 18.2 Å². The summed E-state index contributed by atoms with van der Waals surface area (Å²) in [5.41, 5.74) is 7.21. The van der Waals surface area contributed by atoms with Crippen molar-refractivity contribution in [2.45, 2.75) is 38.5 Å². The van der Waals surface area contributed by atoms with Crippen LogP contribution in [0, 0.1) is 5.82 Å². The van der Waals surface area contributed by atoms with Crippen LogP contribution in [-0.2, 0) is 17.8 Å². The zero-order valence-electron chi connectivity index (χ0n) is 11.6. The van der Waals surface area contributed by atoms with E-state index in [1.54, 1.807) is 0 Å². The summed E-state index contributed by atoms with van der Waals surface area (Å²) in [6.07, 6.45) is 3.92. The maximum Gasteiger partial charge on any atom is 0.127 e. The number of benzene rings is 1. The minimum absolute atomic E-state index is 0.218. The van der Waals surface area contributed by atoms with Crippen LogP contribution >= 0.6 is 0 Å². The number of likely N-dealkylation sites (N-methyl/N-ethyl adjacent to an activating group) is 1. The highest BCUT2D eigenvalue weighted by atomic mass is 19.1. The number of rotatable bonds is 5. The summed E-state index contributed by atoms with van der Waals surface area (Å²) in [5.74, 6) is -0.218. The molecular weight excluding hydrogens is 243 g/mol. The van der Waals surface area contributed by atoms with E-state index in [9.17, 15) is 4.39 Å². The Morgan fingerprint density at radius 3 is 2.95 bits per heavy atom. The number of hydrogen-bond acceptors (Lipinski definition) is 3. The fourth-order valence-electron chi connectivity index (χ4n) is 2.56. The molecule has 1 unspecified atom stereocenters. The van der Waals surface area contributed by atoms with Crippen LogP contribution in [0.2, 0.25) is 0 Å². The summed E-state index contributed by atoms with van der Waals surface area (Å²) >= 11 is 0. The minimum atomic E-state index is -0.218. The monoisotopic (exact) mass is 266 g/mol. The lowest BCUT2D eigenvalue weighted by molar-refractivity contribution is -0.00259. The second-order valence-corrected chi connectivity index (χ2v) is 5.32. The van der Waals surface area contributed by atoms with Crippen molar-refractivity contribution in [2.24, 2.45) is 5.73 Å². The Kier molecular flexibility index (Phi) is 5.31. The van der Waals surface area contributed by atoms with Crippen molar-refractivity contribution in [1.29, 1.82) is 0 Å². The van der Waals surface area contributed by atoms with E-state index in [1.165, 1.54) is 18.9 Å². The van der Waals surface area contributed by atoms with Gasteiger partial charge in [-0.05, 0) is 37.9 Å². The Hall–Kier alpha value is -0.970. The van der Waals surface area contributed by atoms with Crippen molar-refractivity contribution in [1.82, 2.24) is 4.90 Å². The predicted octanol–water partition coefficient (Wildman–Crippen LogP) is 2.29. The lowest BCUT2D eigenvalue weighted by atomic mass is 10.1. The van der Waals surface area contributed by atoms with Gasteiger partial charge < -0.3 is 10.5 Å². The molecule has 106 valence electrons. The molecule has 1 aliphatic heterocycles. The van der Waals surface area contributed by atoms with E-state index in [-0.39, 0.29) is 12.4 Å². The Balaban J connectivity index is 1.88. The van der Waals surface area contributed by atoms with Gasteiger partial charge in [0.2, 0.25) is 0 Å². The topological polar surface area (TPSA) is 38.5 Å². The highest BCUT2D eigenvalue weighted by molar-refractivity contribution is 5.24. The molecule has 0 bridgehead atoms. The Morgan fingerprint density at radius 2 is 2.26 bits per heavy atom. The molecule has 0 radical (unpaired) electrons. The standard InChI is InChI=1S/C15H23FN2O/c1-18(11-14-4-2-3-7-19-14)10-12-5-6-15(16)13(8-12)9-17/h5-6,8,14H,2-4,7,9-11,17H2,1H3. The van der Waals surface area contributed by atoms with Gasteiger partial charge in [-0.2, -0.15) is 0 Å². The zero-order chi connectivity index (χ0) is 13.7. The average Bonchev–Trinajstić information content (AvgIpc) is 2.42. The smallest absolute Gasteiger partial charge is 0.127 e. The highest BCUT2D eigenvalue weighted by Crippen LogP contribution is 2.15. The van der Waals surface area contributed by atoms with E-state index in [0.717, 1.165) is 31.7 Å². The largest absolute Gasteiger partial charge is 0.377 e. The lowest BCUT2D eigenvalue weighted by Gasteiger charge is -2.27.